The van der Waals surface area contributed by atoms with E-state index in [0.717, 1.165) is 75.0 Å². The lowest BCUT2D eigenvalue weighted by molar-refractivity contribution is -0.143. The molecule has 3 saturated heterocycles. The van der Waals surface area contributed by atoms with E-state index in [1.54, 1.807) is 42.6 Å². The van der Waals surface area contributed by atoms with E-state index < -0.39 is 17.7 Å². The van der Waals surface area contributed by atoms with Crippen LogP contribution in [0.2, 0.25) is 0 Å². The Hall–Kier alpha value is -2.90. The van der Waals surface area contributed by atoms with E-state index in [0.29, 0.717) is 18.4 Å². The third kappa shape index (κ3) is 6.08. The molecule has 0 unspecified atom stereocenters. The fourth-order valence-electron chi connectivity index (χ4n) is 6.86. The van der Waals surface area contributed by atoms with Crippen molar-refractivity contribution >= 4 is 34.1 Å². The Morgan fingerprint density at radius 2 is 1.84 bits per heavy atom. The predicted octanol–water partition coefficient (Wildman–Crippen LogP) is 2.20. The molecule has 0 spiro atoms. The normalized spacial score (nSPS) is 25.6. The molecule has 2 amide bonds. The van der Waals surface area contributed by atoms with Crippen LogP contribution in [0.25, 0.3) is 11.3 Å². The van der Waals surface area contributed by atoms with Gasteiger partial charge in [-0.25, -0.2) is 4.98 Å². The summed E-state index contributed by atoms with van der Waals surface area (Å²) >= 11 is 1.64. The highest BCUT2D eigenvalue weighted by atomic mass is 32.1. The van der Waals surface area contributed by atoms with Gasteiger partial charge in [0.25, 0.3) is 5.91 Å². The number of carbonyl (C=O) groups is 3. The predicted molar refractivity (Wildman–Crippen MR) is 162 cm³/mol. The number of amides is 2. The van der Waals surface area contributed by atoms with Crippen molar-refractivity contribution in [2.24, 2.45) is 0 Å². The summed E-state index contributed by atoms with van der Waals surface area (Å²) in [5.41, 5.74) is 1.25. The van der Waals surface area contributed by atoms with Crippen LogP contribution in [0.3, 0.4) is 0 Å². The van der Waals surface area contributed by atoms with Gasteiger partial charge in [0.2, 0.25) is 5.91 Å². The molecule has 232 valence electrons. The monoisotopic (exact) mass is 611 g/mol. The Morgan fingerprint density at radius 3 is 2.53 bits per heavy atom. The molecule has 1 N–H and O–H groups in total. The summed E-state index contributed by atoms with van der Waals surface area (Å²) in [4.78, 5) is 51.6. The molecule has 1 aromatic carbocycles. The zero-order valence-corrected chi connectivity index (χ0v) is 25.8. The zero-order valence-electron chi connectivity index (χ0n) is 25.0. The molecule has 4 fully saturated rings. The van der Waals surface area contributed by atoms with Crippen molar-refractivity contribution in [3.63, 3.8) is 0 Å². The number of likely N-dealkylation sites (tertiary alicyclic amines) is 1. The number of Topliss-reactive ketones (excluding diaryl/α,β-unsaturated/α-hetero) is 1. The maximum Gasteiger partial charge on any atom is 0.252 e. The molecular formula is C31H41N5O6S. The summed E-state index contributed by atoms with van der Waals surface area (Å²) in [6.07, 6.45) is 2.94. The zero-order chi connectivity index (χ0) is 30.0. The first kappa shape index (κ1) is 30.1. The standard InChI is InChI=1S/C31H41N5O6S/c1-40-17-16-34-12-14-35(15-13-34)30-32-23(20-43-30)21-6-8-22(9-7-21)28(38)33-31(10-4-3-5-11-31)29(39)36-18-25(41-2)27-26(36)24(37)19-42-27/h6-9,20,25-27H,3-5,10-19H2,1-2H3,(H,33,38)/t25-,26+,27+/m0/s1. The van der Waals surface area contributed by atoms with Crippen LogP contribution in [0.4, 0.5) is 5.13 Å². The molecule has 0 radical (unpaired) electrons. The van der Waals surface area contributed by atoms with E-state index in [2.05, 4.69) is 20.5 Å². The largest absolute Gasteiger partial charge is 0.383 e. The minimum atomic E-state index is -1.05. The van der Waals surface area contributed by atoms with Crippen LogP contribution in [0.15, 0.2) is 29.6 Å². The molecule has 3 aliphatic heterocycles. The SMILES string of the molecule is COCCN1CCN(c2nc(-c3ccc(C(=O)NC4(C(=O)N5C[C@H](OC)[C@H]6OCC(=O)[C@H]65)CCCCC4)cc3)cs2)CC1. The second-order valence-electron chi connectivity index (χ2n) is 11.9. The third-order valence-corrected chi connectivity index (χ3v) is 10.3. The fraction of sp³-hybridized carbons (Fsp3) is 0.613. The topological polar surface area (TPSA) is 114 Å². The Kier molecular flexibility index (Phi) is 9.11. The van der Waals surface area contributed by atoms with E-state index in [4.69, 9.17) is 19.2 Å². The first-order valence-electron chi connectivity index (χ1n) is 15.3. The number of ether oxygens (including phenoxy) is 3. The maximum atomic E-state index is 14.1. The van der Waals surface area contributed by atoms with Crippen molar-refractivity contribution < 1.29 is 28.6 Å². The second kappa shape index (κ2) is 13.0. The van der Waals surface area contributed by atoms with Gasteiger partial charge < -0.3 is 29.3 Å². The van der Waals surface area contributed by atoms with E-state index in [1.807, 2.05) is 12.1 Å². The van der Waals surface area contributed by atoms with E-state index in [9.17, 15) is 14.4 Å². The van der Waals surface area contributed by atoms with Gasteiger partial charge in [0.05, 0.1) is 18.8 Å². The molecule has 1 aromatic heterocycles. The molecule has 2 aromatic rings. The Morgan fingerprint density at radius 1 is 1.09 bits per heavy atom. The Balaban J connectivity index is 1.12. The Labute approximate surface area is 256 Å². The fourth-order valence-corrected chi connectivity index (χ4v) is 7.75. The lowest BCUT2D eigenvalue weighted by Crippen LogP contribution is -2.62. The van der Waals surface area contributed by atoms with Gasteiger partial charge in [-0.3, -0.25) is 19.3 Å². The Bertz CT molecular complexity index is 1300. The van der Waals surface area contributed by atoms with Crippen LogP contribution in [0, 0.1) is 0 Å². The van der Waals surface area contributed by atoms with Gasteiger partial charge >= 0.3 is 0 Å². The van der Waals surface area contributed by atoms with Crippen LogP contribution in [0.1, 0.15) is 42.5 Å². The number of aromatic nitrogens is 1. The number of thiazole rings is 1. The summed E-state index contributed by atoms with van der Waals surface area (Å²) in [6, 6.07) is 6.75. The van der Waals surface area contributed by atoms with Crippen LogP contribution < -0.4 is 10.2 Å². The molecule has 0 bridgehead atoms. The molecule has 3 atom stereocenters. The van der Waals surface area contributed by atoms with Crippen molar-refractivity contribution in [1.29, 1.82) is 0 Å². The summed E-state index contributed by atoms with van der Waals surface area (Å²) in [5.74, 6) is -0.611. The summed E-state index contributed by atoms with van der Waals surface area (Å²) in [6.45, 7) is 5.80. The van der Waals surface area contributed by atoms with Gasteiger partial charge in [-0.2, -0.15) is 0 Å². The number of carbonyl (C=O) groups excluding carboxylic acids is 3. The minimum absolute atomic E-state index is 0.0172. The number of methoxy groups -OCH3 is 2. The number of ketones is 1. The minimum Gasteiger partial charge on any atom is -0.383 e. The molecule has 6 rings (SSSR count). The molecular weight excluding hydrogens is 570 g/mol. The van der Waals surface area contributed by atoms with Crippen LogP contribution in [-0.2, 0) is 23.8 Å². The van der Waals surface area contributed by atoms with Crippen molar-refractivity contribution in [3.8, 4) is 11.3 Å². The van der Waals surface area contributed by atoms with E-state index >= 15 is 0 Å². The van der Waals surface area contributed by atoms with Crippen LogP contribution in [0.5, 0.6) is 0 Å². The number of fused-ring (bicyclic) bond motifs is 1. The first-order valence-corrected chi connectivity index (χ1v) is 16.1. The number of piperazine rings is 1. The van der Waals surface area contributed by atoms with Crippen molar-refractivity contribution in [1.82, 2.24) is 20.1 Å². The molecule has 4 heterocycles. The lowest BCUT2D eigenvalue weighted by atomic mass is 9.80. The second-order valence-corrected chi connectivity index (χ2v) is 12.8. The third-order valence-electron chi connectivity index (χ3n) is 9.36. The number of anilines is 1. The smallest absolute Gasteiger partial charge is 0.252 e. The average molecular weight is 612 g/mol. The summed E-state index contributed by atoms with van der Waals surface area (Å²) < 4.78 is 16.4. The van der Waals surface area contributed by atoms with Crippen LogP contribution in [-0.4, -0.2) is 123 Å². The highest BCUT2D eigenvalue weighted by Crippen LogP contribution is 2.36. The number of nitrogens with zero attached hydrogens (tertiary/aromatic N) is 4. The highest BCUT2D eigenvalue weighted by Gasteiger charge is 2.56. The van der Waals surface area contributed by atoms with Gasteiger partial charge in [0.15, 0.2) is 10.9 Å². The van der Waals surface area contributed by atoms with E-state index in [-0.39, 0.29) is 36.9 Å². The average Bonchev–Trinajstić information content (AvgIpc) is 3.78. The molecule has 1 saturated carbocycles. The van der Waals surface area contributed by atoms with Gasteiger partial charge in [0.1, 0.15) is 30.4 Å². The first-order chi connectivity index (χ1) is 20.9. The molecule has 1 aliphatic carbocycles. The quantitative estimate of drug-likeness (QED) is 0.456. The van der Waals surface area contributed by atoms with Gasteiger partial charge in [0, 0.05) is 63.5 Å². The van der Waals surface area contributed by atoms with Gasteiger partial charge in [-0.15, -0.1) is 11.3 Å². The van der Waals surface area contributed by atoms with Crippen molar-refractivity contribution in [2.75, 3.05) is 71.6 Å². The molecule has 4 aliphatic rings. The molecule has 43 heavy (non-hydrogen) atoms. The number of hydrogen-bond acceptors (Lipinski definition) is 10. The lowest BCUT2D eigenvalue weighted by Gasteiger charge is -2.40. The number of hydrogen-bond donors (Lipinski definition) is 1. The van der Waals surface area contributed by atoms with Crippen LogP contribution >= 0.6 is 11.3 Å². The van der Waals surface area contributed by atoms with Gasteiger partial charge in [-0.1, -0.05) is 31.4 Å². The number of nitrogens with one attached hydrogen (secondary N) is 1. The molecule has 11 nitrogen and oxygen atoms in total. The summed E-state index contributed by atoms with van der Waals surface area (Å²) in [7, 11) is 3.30. The molecule has 12 heteroatoms. The highest BCUT2D eigenvalue weighted by molar-refractivity contribution is 7.14. The maximum absolute atomic E-state index is 14.1. The number of rotatable bonds is 9. The number of benzene rings is 1. The summed E-state index contributed by atoms with van der Waals surface area (Å²) in [5, 5.41) is 6.18. The van der Waals surface area contributed by atoms with E-state index in [1.165, 1.54) is 0 Å². The van der Waals surface area contributed by atoms with Crippen molar-refractivity contribution in [3.05, 3.63) is 35.2 Å². The van der Waals surface area contributed by atoms with Crippen molar-refractivity contribution in [2.45, 2.75) is 55.9 Å². The van der Waals surface area contributed by atoms with Gasteiger partial charge in [-0.05, 0) is 25.0 Å².